The summed E-state index contributed by atoms with van der Waals surface area (Å²) in [5.41, 5.74) is 1.30. The van der Waals surface area contributed by atoms with E-state index >= 15 is 0 Å². The third kappa shape index (κ3) is 2.51. The quantitative estimate of drug-likeness (QED) is 0.677. The molecule has 6 heteroatoms. The van der Waals surface area contributed by atoms with Gasteiger partial charge in [0, 0.05) is 13.2 Å². The third-order valence-corrected chi connectivity index (χ3v) is 4.03. The zero-order valence-corrected chi connectivity index (χ0v) is 12.2. The first-order chi connectivity index (χ1) is 10.2. The Bertz CT molecular complexity index is 923. The molecule has 0 bridgehead atoms. The summed E-state index contributed by atoms with van der Waals surface area (Å²) in [6.45, 7) is 0.373. The number of aromatic nitrogens is 3. The van der Waals surface area contributed by atoms with Crippen LogP contribution in [0.5, 0.6) is 0 Å². The number of hydrogen-bond acceptors (Lipinski definition) is 3. The topological polar surface area (TPSA) is 52.2 Å². The van der Waals surface area contributed by atoms with Crippen LogP contribution in [0, 0.1) is 12.3 Å². The number of nitrogens with zero attached hydrogens (tertiary/aromatic N) is 4. The Morgan fingerprint density at radius 2 is 2.24 bits per heavy atom. The van der Waals surface area contributed by atoms with Gasteiger partial charge >= 0.3 is 0 Å². The van der Waals surface area contributed by atoms with Crippen molar-refractivity contribution in [2.75, 3.05) is 0 Å². The van der Waals surface area contributed by atoms with Crippen molar-refractivity contribution in [2.45, 2.75) is 6.54 Å². The lowest BCUT2D eigenvalue weighted by molar-refractivity contribution is 0.0992. The number of hydrogen-bond donors (Lipinski definition) is 0. The summed E-state index contributed by atoms with van der Waals surface area (Å²) >= 11 is 1.44. The molecule has 21 heavy (non-hydrogen) atoms. The fourth-order valence-corrected chi connectivity index (χ4v) is 3.05. The van der Waals surface area contributed by atoms with Crippen molar-refractivity contribution in [3.63, 3.8) is 0 Å². The molecule has 104 valence electrons. The summed E-state index contributed by atoms with van der Waals surface area (Å²) < 4.78 is 4.48. The minimum Gasteiger partial charge on any atom is -0.305 e. The molecule has 0 aliphatic heterocycles. The van der Waals surface area contributed by atoms with Crippen LogP contribution >= 0.6 is 11.3 Å². The number of benzene rings is 1. The van der Waals surface area contributed by atoms with E-state index in [9.17, 15) is 4.79 Å². The van der Waals surface area contributed by atoms with Gasteiger partial charge in [-0.1, -0.05) is 29.4 Å². The Hall–Kier alpha value is -2.65. The predicted octanol–water partition coefficient (Wildman–Crippen LogP) is 1.81. The van der Waals surface area contributed by atoms with Crippen LogP contribution in [0.1, 0.15) is 10.5 Å². The molecule has 0 radical (unpaired) electrons. The second kappa shape index (κ2) is 5.38. The number of fused-ring (bicyclic) bond motifs is 1. The normalized spacial score (nSPS) is 11.7. The van der Waals surface area contributed by atoms with Crippen molar-refractivity contribution in [1.82, 2.24) is 14.3 Å². The minimum atomic E-state index is -0.368. The number of rotatable bonds is 2. The van der Waals surface area contributed by atoms with Gasteiger partial charge in [-0.05, 0) is 18.2 Å². The van der Waals surface area contributed by atoms with E-state index in [0.29, 0.717) is 17.0 Å². The highest BCUT2D eigenvalue weighted by atomic mass is 32.1. The summed E-state index contributed by atoms with van der Waals surface area (Å²) in [5.74, 6) is 2.23. The average Bonchev–Trinajstić information content (AvgIpc) is 3.04. The summed E-state index contributed by atoms with van der Waals surface area (Å²) in [6, 6.07) is 9.48. The number of thiazole rings is 1. The van der Waals surface area contributed by atoms with Gasteiger partial charge in [-0.25, -0.2) is 0 Å². The van der Waals surface area contributed by atoms with E-state index < -0.39 is 0 Å². The van der Waals surface area contributed by atoms with Crippen molar-refractivity contribution in [2.24, 2.45) is 12.0 Å². The van der Waals surface area contributed by atoms with Crippen molar-refractivity contribution in [3.05, 3.63) is 47.0 Å². The number of carbonyl (C=O) groups is 1. The van der Waals surface area contributed by atoms with Crippen LogP contribution in [0.4, 0.5) is 0 Å². The number of para-hydroxylation sites is 1. The van der Waals surface area contributed by atoms with Gasteiger partial charge in [-0.2, -0.15) is 10.1 Å². The molecule has 3 aromatic rings. The zero-order valence-electron chi connectivity index (χ0n) is 11.4. The summed E-state index contributed by atoms with van der Waals surface area (Å²) in [6.07, 6.45) is 7.13. The molecule has 2 heterocycles. The van der Waals surface area contributed by atoms with Crippen molar-refractivity contribution >= 4 is 27.5 Å². The Balaban J connectivity index is 2.15. The number of amides is 1. The van der Waals surface area contributed by atoms with Crippen LogP contribution in [0.3, 0.4) is 0 Å². The molecule has 0 N–H and O–H groups in total. The number of aryl methyl sites for hydroxylation is 1. The van der Waals surface area contributed by atoms with Crippen molar-refractivity contribution in [3.8, 4) is 12.3 Å². The van der Waals surface area contributed by atoms with Gasteiger partial charge in [-0.15, -0.1) is 6.42 Å². The molecule has 1 aromatic carbocycles. The van der Waals surface area contributed by atoms with E-state index in [4.69, 9.17) is 6.42 Å². The van der Waals surface area contributed by atoms with Crippen molar-refractivity contribution in [1.29, 1.82) is 0 Å². The maximum absolute atomic E-state index is 12.2. The van der Waals surface area contributed by atoms with Crippen molar-refractivity contribution < 1.29 is 4.79 Å². The summed E-state index contributed by atoms with van der Waals surface area (Å²) in [4.78, 5) is 16.9. The molecule has 0 unspecified atom stereocenters. The lowest BCUT2D eigenvalue weighted by atomic mass is 10.3. The standard InChI is InChI=1S/C15H12N4OS/c1-3-9-19-12-6-4-5-7-13(12)21-15(19)16-14(20)11-8-10-18(2)17-11/h1,4-8,10H,9H2,2H3. The highest BCUT2D eigenvalue weighted by Gasteiger charge is 2.10. The van der Waals surface area contributed by atoms with Crippen LogP contribution in [0.25, 0.3) is 10.2 Å². The molecule has 0 aliphatic rings. The number of carbonyl (C=O) groups excluding carboxylic acids is 1. The van der Waals surface area contributed by atoms with E-state index in [1.165, 1.54) is 11.3 Å². The van der Waals surface area contributed by atoms with Gasteiger partial charge in [0.2, 0.25) is 0 Å². The first kappa shape index (κ1) is 13.3. The first-order valence-corrected chi connectivity index (χ1v) is 7.11. The van der Waals surface area contributed by atoms with Gasteiger partial charge < -0.3 is 4.57 Å². The number of terminal acetylenes is 1. The van der Waals surface area contributed by atoms with Crippen LogP contribution in [-0.4, -0.2) is 20.3 Å². The van der Waals surface area contributed by atoms with Gasteiger partial charge in [0.25, 0.3) is 5.91 Å². The van der Waals surface area contributed by atoms with E-state index in [-0.39, 0.29) is 5.91 Å². The Morgan fingerprint density at radius 1 is 1.43 bits per heavy atom. The molecule has 0 aliphatic carbocycles. The fraction of sp³-hybridized carbons (Fsp3) is 0.133. The molecular weight excluding hydrogens is 284 g/mol. The fourth-order valence-electron chi connectivity index (χ4n) is 2.02. The van der Waals surface area contributed by atoms with E-state index in [1.54, 1.807) is 24.0 Å². The smallest absolute Gasteiger partial charge is 0.300 e. The van der Waals surface area contributed by atoms with E-state index in [0.717, 1.165) is 10.2 Å². The SMILES string of the molecule is C#CCn1c(=NC(=O)c2ccn(C)n2)sc2ccccc21. The molecule has 1 amide bonds. The highest BCUT2D eigenvalue weighted by molar-refractivity contribution is 7.16. The lowest BCUT2D eigenvalue weighted by Gasteiger charge is -1.98. The maximum atomic E-state index is 12.2. The molecule has 0 saturated heterocycles. The van der Waals surface area contributed by atoms with Gasteiger partial charge in [0.05, 0.1) is 16.8 Å². The van der Waals surface area contributed by atoms with Crippen LogP contribution in [0.15, 0.2) is 41.5 Å². The third-order valence-electron chi connectivity index (χ3n) is 2.97. The Kier molecular flexibility index (Phi) is 3.42. The van der Waals surface area contributed by atoms with Gasteiger partial charge in [0.15, 0.2) is 10.5 Å². The van der Waals surface area contributed by atoms with Gasteiger partial charge in [0.1, 0.15) is 0 Å². The molecule has 3 rings (SSSR count). The largest absolute Gasteiger partial charge is 0.305 e. The maximum Gasteiger partial charge on any atom is 0.300 e. The van der Waals surface area contributed by atoms with E-state index in [1.807, 2.05) is 28.8 Å². The monoisotopic (exact) mass is 296 g/mol. The second-order valence-corrected chi connectivity index (χ2v) is 5.44. The summed E-state index contributed by atoms with van der Waals surface area (Å²) in [5, 5.41) is 4.06. The Morgan fingerprint density at radius 3 is 2.95 bits per heavy atom. The molecule has 2 aromatic heterocycles. The molecule has 0 saturated carbocycles. The zero-order chi connectivity index (χ0) is 14.8. The average molecular weight is 296 g/mol. The minimum absolute atomic E-state index is 0.321. The molecular formula is C15H12N4OS. The highest BCUT2D eigenvalue weighted by Crippen LogP contribution is 2.16. The second-order valence-electron chi connectivity index (χ2n) is 4.43. The van der Waals surface area contributed by atoms with Crippen LogP contribution in [-0.2, 0) is 13.6 Å². The molecule has 0 spiro atoms. The van der Waals surface area contributed by atoms with Crippen LogP contribution < -0.4 is 4.80 Å². The lowest BCUT2D eigenvalue weighted by Crippen LogP contribution is -2.16. The van der Waals surface area contributed by atoms with Gasteiger partial charge in [-0.3, -0.25) is 9.48 Å². The molecule has 5 nitrogen and oxygen atoms in total. The Labute approximate surface area is 125 Å². The first-order valence-electron chi connectivity index (χ1n) is 6.29. The van der Waals surface area contributed by atoms with E-state index in [2.05, 4.69) is 16.0 Å². The predicted molar refractivity (Wildman–Crippen MR) is 81.7 cm³/mol. The summed E-state index contributed by atoms with van der Waals surface area (Å²) in [7, 11) is 1.76. The van der Waals surface area contributed by atoms with Crippen LogP contribution in [0.2, 0.25) is 0 Å². The molecule has 0 fully saturated rings. The molecule has 0 atom stereocenters.